The second-order valence-corrected chi connectivity index (χ2v) is 4.61. The molecule has 0 atom stereocenters. The molecule has 1 fully saturated rings. The van der Waals surface area contributed by atoms with Crippen molar-refractivity contribution in [3.63, 3.8) is 0 Å². The molecule has 2 aromatic heterocycles. The Balaban J connectivity index is 1.97. The molecule has 2 aromatic rings. The van der Waals surface area contributed by atoms with Gasteiger partial charge in [0.15, 0.2) is 5.65 Å². The Hall–Kier alpha value is -1.13. The molecule has 0 aromatic carbocycles. The largest absolute Gasteiger partial charge is 0.299 e. The molecule has 0 amide bonds. The number of fused-ring (bicyclic) bond motifs is 1. The van der Waals surface area contributed by atoms with E-state index in [1.54, 1.807) is 0 Å². The molecule has 1 aliphatic rings. The van der Waals surface area contributed by atoms with Crippen molar-refractivity contribution < 1.29 is 0 Å². The smallest absolute Gasteiger partial charge is 0.157 e. The summed E-state index contributed by atoms with van der Waals surface area (Å²) in [5, 5.41) is 8.49. The van der Waals surface area contributed by atoms with Crippen LogP contribution >= 0.6 is 11.6 Å². The third-order valence-corrected chi connectivity index (χ3v) is 3.26. The van der Waals surface area contributed by atoms with Gasteiger partial charge in [-0.25, -0.2) is 4.98 Å². The van der Waals surface area contributed by atoms with Crippen LogP contribution < -0.4 is 0 Å². The highest BCUT2D eigenvalue weighted by molar-refractivity contribution is 6.29. The van der Waals surface area contributed by atoms with Crippen molar-refractivity contribution in [1.82, 2.24) is 20.1 Å². The fraction of sp³-hybridized carbons (Fsp3) is 0.455. The van der Waals surface area contributed by atoms with E-state index in [1.807, 2.05) is 12.3 Å². The Morgan fingerprint density at radius 2 is 2.19 bits per heavy atom. The van der Waals surface area contributed by atoms with Crippen LogP contribution in [0.25, 0.3) is 11.0 Å². The van der Waals surface area contributed by atoms with Crippen LogP contribution in [0.15, 0.2) is 12.3 Å². The van der Waals surface area contributed by atoms with Crippen molar-refractivity contribution in [1.29, 1.82) is 0 Å². The first-order valence-electron chi connectivity index (χ1n) is 5.54. The topological polar surface area (TPSA) is 44.8 Å². The minimum atomic E-state index is 0.533. The van der Waals surface area contributed by atoms with Crippen LogP contribution in [0.1, 0.15) is 18.4 Å². The van der Waals surface area contributed by atoms with Crippen LogP contribution in [0.5, 0.6) is 0 Å². The van der Waals surface area contributed by atoms with Gasteiger partial charge in [-0.15, -0.1) is 0 Å². The van der Waals surface area contributed by atoms with Gasteiger partial charge in [-0.05, 0) is 37.6 Å². The second-order valence-electron chi connectivity index (χ2n) is 4.22. The number of nitrogens with zero attached hydrogens (tertiary/aromatic N) is 3. The summed E-state index contributed by atoms with van der Waals surface area (Å²) in [6, 6.07) is 1.94. The van der Waals surface area contributed by atoms with Crippen LogP contribution in [-0.4, -0.2) is 33.2 Å². The molecule has 3 rings (SSSR count). The van der Waals surface area contributed by atoms with E-state index in [9.17, 15) is 0 Å². The number of H-pyrrole nitrogens is 1. The van der Waals surface area contributed by atoms with E-state index in [0.29, 0.717) is 5.15 Å². The summed E-state index contributed by atoms with van der Waals surface area (Å²) in [5.74, 6) is 0. The number of halogens is 1. The molecular formula is C11H13ClN4. The molecule has 0 spiro atoms. The normalized spacial score (nSPS) is 17.3. The monoisotopic (exact) mass is 236 g/mol. The maximum absolute atomic E-state index is 5.99. The summed E-state index contributed by atoms with van der Waals surface area (Å²) in [6.07, 6.45) is 4.42. The molecule has 0 radical (unpaired) electrons. The number of rotatable bonds is 2. The average molecular weight is 237 g/mol. The van der Waals surface area contributed by atoms with Crippen LogP contribution in [0, 0.1) is 0 Å². The molecule has 84 valence electrons. The first-order chi connectivity index (χ1) is 7.83. The summed E-state index contributed by atoms with van der Waals surface area (Å²) >= 11 is 5.99. The highest BCUT2D eigenvalue weighted by atomic mass is 35.5. The van der Waals surface area contributed by atoms with E-state index in [-0.39, 0.29) is 0 Å². The third-order valence-electron chi connectivity index (χ3n) is 3.07. The Labute approximate surface area is 98.6 Å². The van der Waals surface area contributed by atoms with Gasteiger partial charge >= 0.3 is 0 Å². The van der Waals surface area contributed by atoms with Gasteiger partial charge in [0.05, 0.1) is 6.20 Å². The maximum Gasteiger partial charge on any atom is 0.157 e. The van der Waals surface area contributed by atoms with Gasteiger partial charge in [0.2, 0.25) is 0 Å². The van der Waals surface area contributed by atoms with Crippen LogP contribution in [0.2, 0.25) is 5.15 Å². The lowest BCUT2D eigenvalue weighted by Crippen LogP contribution is -2.18. The van der Waals surface area contributed by atoms with Crippen LogP contribution in [0.3, 0.4) is 0 Å². The number of hydrogen-bond acceptors (Lipinski definition) is 3. The van der Waals surface area contributed by atoms with Crippen molar-refractivity contribution in [2.45, 2.75) is 19.4 Å². The number of likely N-dealkylation sites (tertiary alicyclic amines) is 1. The van der Waals surface area contributed by atoms with Crippen molar-refractivity contribution >= 4 is 22.6 Å². The van der Waals surface area contributed by atoms with Crippen LogP contribution in [-0.2, 0) is 6.54 Å². The molecule has 1 saturated heterocycles. The molecule has 1 aliphatic heterocycles. The summed E-state index contributed by atoms with van der Waals surface area (Å²) in [7, 11) is 0. The highest BCUT2D eigenvalue weighted by Crippen LogP contribution is 2.22. The average Bonchev–Trinajstić information content (AvgIpc) is 2.87. The zero-order valence-electron chi connectivity index (χ0n) is 8.91. The van der Waals surface area contributed by atoms with Crippen molar-refractivity contribution in [2.75, 3.05) is 13.1 Å². The summed E-state index contributed by atoms with van der Waals surface area (Å²) in [5.41, 5.74) is 1.99. The van der Waals surface area contributed by atoms with E-state index >= 15 is 0 Å². The molecule has 4 nitrogen and oxygen atoms in total. The van der Waals surface area contributed by atoms with Gasteiger partial charge in [-0.1, -0.05) is 11.6 Å². The fourth-order valence-corrected chi connectivity index (χ4v) is 2.49. The fourth-order valence-electron chi connectivity index (χ4n) is 2.27. The SMILES string of the molecule is Clc1cc(CN2CCCC2)c2cn[nH]c2n1. The Morgan fingerprint density at radius 1 is 1.38 bits per heavy atom. The molecule has 0 bridgehead atoms. The van der Waals surface area contributed by atoms with Gasteiger partial charge in [0.25, 0.3) is 0 Å². The van der Waals surface area contributed by atoms with Gasteiger partial charge < -0.3 is 0 Å². The molecule has 0 saturated carbocycles. The minimum absolute atomic E-state index is 0.533. The predicted molar refractivity (Wildman–Crippen MR) is 63.4 cm³/mol. The molecule has 0 aliphatic carbocycles. The predicted octanol–water partition coefficient (Wildman–Crippen LogP) is 2.21. The lowest BCUT2D eigenvalue weighted by atomic mass is 10.2. The molecule has 0 unspecified atom stereocenters. The van der Waals surface area contributed by atoms with Crippen molar-refractivity contribution in [3.8, 4) is 0 Å². The second kappa shape index (κ2) is 4.03. The van der Waals surface area contributed by atoms with E-state index in [1.165, 1.54) is 31.5 Å². The zero-order valence-corrected chi connectivity index (χ0v) is 9.67. The Morgan fingerprint density at radius 3 is 3.00 bits per heavy atom. The van der Waals surface area contributed by atoms with Gasteiger partial charge in [-0.3, -0.25) is 10.00 Å². The first kappa shape index (κ1) is 10.1. The highest BCUT2D eigenvalue weighted by Gasteiger charge is 2.14. The lowest BCUT2D eigenvalue weighted by molar-refractivity contribution is 0.332. The first-order valence-corrected chi connectivity index (χ1v) is 5.91. The number of aromatic nitrogens is 3. The molecule has 16 heavy (non-hydrogen) atoms. The lowest BCUT2D eigenvalue weighted by Gasteiger charge is -2.14. The van der Waals surface area contributed by atoms with Gasteiger partial charge in [0, 0.05) is 11.9 Å². The Kier molecular flexibility index (Phi) is 2.53. The molecule has 3 heterocycles. The number of pyridine rings is 1. The number of aromatic amines is 1. The maximum atomic E-state index is 5.99. The number of hydrogen-bond donors (Lipinski definition) is 1. The summed E-state index contributed by atoms with van der Waals surface area (Å²) < 4.78 is 0. The minimum Gasteiger partial charge on any atom is -0.299 e. The van der Waals surface area contributed by atoms with E-state index in [4.69, 9.17) is 11.6 Å². The van der Waals surface area contributed by atoms with E-state index in [0.717, 1.165) is 17.6 Å². The van der Waals surface area contributed by atoms with E-state index < -0.39 is 0 Å². The molecular weight excluding hydrogens is 224 g/mol. The van der Waals surface area contributed by atoms with Crippen molar-refractivity contribution in [2.24, 2.45) is 0 Å². The van der Waals surface area contributed by atoms with Crippen molar-refractivity contribution in [3.05, 3.63) is 23.0 Å². The van der Waals surface area contributed by atoms with Gasteiger partial charge in [0.1, 0.15) is 5.15 Å². The Bertz CT molecular complexity index is 502. The number of nitrogens with one attached hydrogen (secondary N) is 1. The molecule has 1 N–H and O–H groups in total. The zero-order chi connectivity index (χ0) is 11.0. The van der Waals surface area contributed by atoms with E-state index in [2.05, 4.69) is 20.1 Å². The summed E-state index contributed by atoms with van der Waals surface area (Å²) in [6.45, 7) is 3.30. The standard InChI is InChI=1S/C11H13ClN4/c12-10-5-8(7-16-3-1-2-4-16)9-6-13-15-11(9)14-10/h5-6H,1-4,7H2,(H,13,14,15). The summed E-state index contributed by atoms with van der Waals surface area (Å²) in [4.78, 5) is 6.64. The quantitative estimate of drug-likeness (QED) is 0.814. The van der Waals surface area contributed by atoms with Gasteiger partial charge in [-0.2, -0.15) is 5.10 Å². The molecule has 5 heteroatoms. The third kappa shape index (κ3) is 1.79. The van der Waals surface area contributed by atoms with Crippen LogP contribution in [0.4, 0.5) is 0 Å².